The number of hydrogen-bond donors (Lipinski definition) is 1. The molecule has 0 amide bonds. The summed E-state index contributed by atoms with van der Waals surface area (Å²) in [4.78, 5) is 0. The second kappa shape index (κ2) is 6.76. The van der Waals surface area contributed by atoms with Crippen LogP contribution in [0.15, 0.2) is 24.3 Å². The highest BCUT2D eigenvalue weighted by atomic mass is 35.5. The fourth-order valence-corrected chi connectivity index (χ4v) is 2.23. The molecule has 1 N–H and O–H groups in total. The Balaban J connectivity index is 2.17. The van der Waals surface area contributed by atoms with Gasteiger partial charge >= 0.3 is 6.61 Å². The first kappa shape index (κ1) is 15.6. The van der Waals surface area contributed by atoms with E-state index in [9.17, 15) is 8.78 Å². The lowest BCUT2D eigenvalue weighted by Gasteiger charge is -2.13. The molecule has 0 aliphatic heterocycles. The highest BCUT2D eigenvalue weighted by Gasteiger charge is 2.14. The first-order chi connectivity index (χ1) is 10.0. The normalized spacial score (nSPS) is 11.0. The molecule has 0 aliphatic carbocycles. The molecule has 0 saturated heterocycles. The molecule has 0 saturated carbocycles. The van der Waals surface area contributed by atoms with E-state index < -0.39 is 6.61 Å². The van der Waals surface area contributed by atoms with Crippen LogP contribution in [0, 0.1) is 6.92 Å². The van der Waals surface area contributed by atoms with E-state index in [0.29, 0.717) is 23.8 Å². The predicted molar refractivity (Wildman–Crippen MR) is 78.0 cm³/mol. The summed E-state index contributed by atoms with van der Waals surface area (Å²) in [5, 5.41) is 7.95. The number of anilines is 1. The lowest BCUT2D eigenvalue weighted by atomic mass is 10.2. The van der Waals surface area contributed by atoms with Crippen molar-refractivity contribution < 1.29 is 13.5 Å². The molecule has 1 aromatic heterocycles. The minimum atomic E-state index is -2.86. The molecule has 114 valence electrons. The van der Waals surface area contributed by atoms with Gasteiger partial charge < -0.3 is 10.1 Å². The summed E-state index contributed by atoms with van der Waals surface area (Å²) in [5.41, 5.74) is 2.03. The Labute approximate surface area is 126 Å². The number of aromatic nitrogens is 2. The molecule has 4 nitrogen and oxygen atoms in total. The summed E-state index contributed by atoms with van der Waals surface area (Å²) in [5.74, 6) is 0.0999. The smallest absolute Gasteiger partial charge is 0.387 e. The van der Waals surface area contributed by atoms with Gasteiger partial charge in [-0.1, -0.05) is 23.7 Å². The minimum Gasteiger partial charge on any atom is -0.433 e. The first-order valence-corrected chi connectivity index (χ1v) is 6.90. The molecule has 7 heteroatoms. The molecule has 0 unspecified atom stereocenters. The third kappa shape index (κ3) is 3.64. The summed E-state index contributed by atoms with van der Waals surface area (Å²) in [7, 11) is 0. The van der Waals surface area contributed by atoms with Crippen LogP contribution in [0.4, 0.5) is 14.5 Å². The van der Waals surface area contributed by atoms with Crippen molar-refractivity contribution in [3.05, 3.63) is 40.7 Å². The monoisotopic (exact) mass is 315 g/mol. The maximum absolute atomic E-state index is 12.4. The van der Waals surface area contributed by atoms with E-state index in [1.54, 1.807) is 22.9 Å². The van der Waals surface area contributed by atoms with Crippen molar-refractivity contribution in [2.75, 3.05) is 5.32 Å². The van der Waals surface area contributed by atoms with Crippen LogP contribution in [-0.2, 0) is 13.1 Å². The Morgan fingerprint density at radius 2 is 2.10 bits per heavy atom. The zero-order valence-corrected chi connectivity index (χ0v) is 12.5. The van der Waals surface area contributed by atoms with Crippen molar-refractivity contribution >= 4 is 17.3 Å². The molecular weight excluding hydrogens is 300 g/mol. The average molecular weight is 316 g/mol. The lowest BCUT2D eigenvalue weighted by molar-refractivity contribution is -0.0493. The standard InChI is InChI=1S/C14H16ClF2N3O/c1-3-20-11(13(15)9(2)19-20)8-18-10-6-4-5-7-12(10)21-14(16)17/h4-7,14,18H,3,8H2,1-2H3. The van der Waals surface area contributed by atoms with Crippen molar-refractivity contribution in [3.8, 4) is 5.75 Å². The van der Waals surface area contributed by atoms with Gasteiger partial charge in [0, 0.05) is 6.54 Å². The number of nitrogens with zero attached hydrogens (tertiary/aromatic N) is 2. The van der Waals surface area contributed by atoms with Gasteiger partial charge in [0.1, 0.15) is 5.75 Å². The van der Waals surface area contributed by atoms with E-state index in [1.807, 2.05) is 13.8 Å². The summed E-state index contributed by atoms with van der Waals surface area (Å²) in [6.45, 7) is 1.98. The van der Waals surface area contributed by atoms with Gasteiger partial charge in [-0.25, -0.2) is 0 Å². The fourth-order valence-electron chi connectivity index (χ4n) is 2.03. The Hall–Kier alpha value is -1.82. The SMILES string of the molecule is CCn1nc(C)c(Cl)c1CNc1ccccc1OC(F)F. The molecule has 1 heterocycles. The van der Waals surface area contributed by atoms with Gasteiger partial charge in [0.25, 0.3) is 0 Å². The summed E-state index contributed by atoms with van der Waals surface area (Å²) >= 11 is 6.21. The third-order valence-electron chi connectivity index (χ3n) is 3.00. The number of ether oxygens (including phenoxy) is 1. The number of para-hydroxylation sites is 2. The first-order valence-electron chi connectivity index (χ1n) is 6.52. The highest BCUT2D eigenvalue weighted by Crippen LogP contribution is 2.27. The van der Waals surface area contributed by atoms with Crippen molar-refractivity contribution in [2.45, 2.75) is 33.5 Å². The van der Waals surface area contributed by atoms with Gasteiger partial charge in [-0.15, -0.1) is 0 Å². The van der Waals surface area contributed by atoms with Gasteiger partial charge in [0.15, 0.2) is 0 Å². The van der Waals surface area contributed by atoms with Crippen molar-refractivity contribution in [3.63, 3.8) is 0 Å². The molecule has 0 radical (unpaired) electrons. The van der Waals surface area contributed by atoms with Crippen LogP contribution in [0.3, 0.4) is 0 Å². The topological polar surface area (TPSA) is 39.1 Å². The van der Waals surface area contributed by atoms with Crippen LogP contribution in [0.25, 0.3) is 0 Å². The summed E-state index contributed by atoms with van der Waals surface area (Å²) in [6, 6.07) is 6.53. The van der Waals surface area contributed by atoms with E-state index in [2.05, 4.69) is 15.2 Å². The van der Waals surface area contributed by atoms with Gasteiger partial charge in [-0.2, -0.15) is 13.9 Å². The van der Waals surface area contributed by atoms with E-state index in [4.69, 9.17) is 11.6 Å². The molecule has 2 rings (SSSR count). The molecule has 0 spiro atoms. The van der Waals surface area contributed by atoms with Crippen molar-refractivity contribution in [1.29, 1.82) is 0 Å². The van der Waals surface area contributed by atoms with Gasteiger partial charge in [-0.05, 0) is 26.0 Å². The molecule has 0 bridgehead atoms. The zero-order chi connectivity index (χ0) is 15.4. The molecule has 0 fully saturated rings. The van der Waals surface area contributed by atoms with E-state index >= 15 is 0 Å². The molecule has 21 heavy (non-hydrogen) atoms. The number of hydrogen-bond acceptors (Lipinski definition) is 3. The lowest BCUT2D eigenvalue weighted by Crippen LogP contribution is -2.10. The number of alkyl halides is 2. The van der Waals surface area contributed by atoms with Crippen LogP contribution >= 0.6 is 11.6 Å². The van der Waals surface area contributed by atoms with E-state index in [0.717, 1.165) is 11.4 Å². The Morgan fingerprint density at radius 3 is 2.76 bits per heavy atom. The summed E-state index contributed by atoms with van der Waals surface area (Å²) < 4.78 is 31.0. The number of benzene rings is 1. The van der Waals surface area contributed by atoms with Crippen molar-refractivity contribution in [2.24, 2.45) is 0 Å². The number of rotatable bonds is 6. The van der Waals surface area contributed by atoms with Gasteiger partial charge in [-0.3, -0.25) is 4.68 Å². The van der Waals surface area contributed by atoms with Crippen LogP contribution in [-0.4, -0.2) is 16.4 Å². The summed E-state index contributed by atoms with van der Waals surface area (Å²) in [6.07, 6.45) is 0. The molecular formula is C14H16ClF2N3O. The average Bonchev–Trinajstić information content (AvgIpc) is 2.73. The Morgan fingerprint density at radius 1 is 1.38 bits per heavy atom. The second-order valence-corrected chi connectivity index (χ2v) is 4.77. The predicted octanol–water partition coefficient (Wildman–Crippen LogP) is 4.08. The number of halogens is 3. The Bertz CT molecular complexity index is 616. The largest absolute Gasteiger partial charge is 0.433 e. The second-order valence-electron chi connectivity index (χ2n) is 4.39. The Kier molecular flexibility index (Phi) is 5.01. The maximum Gasteiger partial charge on any atom is 0.387 e. The fraction of sp³-hybridized carbons (Fsp3) is 0.357. The van der Waals surface area contributed by atoms with Crippen molar-refractivity contribution in [1.82, 2.24) is 9.78 Å². The highest BCUT2D eigenvalue weighted by molar-refractivity contribution is 6.31. The quantitative estimate of drug-likeness (QED) is 0.873. The van der Waals surface area contributed by atoms with Gasteiger partial charge in [0.05, 0.1) is 28.6 Å². The molecule has 0 aliphatic rings. The number of aryl methyl sites for hydroxylation is 2. The van der Waals surface area contributed by atoms with E-state index in [1.165, 1.54) is 6.07 Å². The third-order valence-corrected chi connectivity index (χ3v) is 3.49. The van der Waals surface area contributed by atoms with Crippen LogP contribution in [0.1, 0.15) is 18.3 Å². The molecule has 2 aromatic rings. The zero-order valence-electron chi connectivity index (χ0n) is 11.7. The van der Waals surface area contributed by atoms with Gasteiger partial charge in [0.2, 0.25) is 0 Å². The van der Waals surface area contributed by atoms with Crippen LogP contribution < -0.4 is 10.1 Å². The van der Waals surface area contributed by atoms with Crippen LogP contribution in [0.2, 0.25) is 5.02 Å². The minimum absolute atomic E-state index is 0.0999. The number of nitrogens with one attached hydrogen (secondary N) is 1. The molecule has 1 aromatic carbocycles. The van der Waals surface area contributed by atoms with Crippen LogP contribution in [0.5, 0.6) is 5.75 Å². The molecule has 0 atom stereocenters. The maximum atomic E-state index is 12.4. The van der Waals surface area contributed by atoms with E-state index in [-0.39, 0.29) is 5.75 Å².